The number of halogens is 1. The molecule has 3 heteroatoms. The lowest BCUT2D eigenvalue weighted by Gasteiger charge is -1.79. The highest BCUT2D eigenvalue weighted by atomic mass is 35.5. The van der Waals surface area contributed by atoms with Gasteiger partial charge < -0.3 is 0 Å². The van der Waals surface area contributed by atoms with E-state index in [0.29, 0.717) is 0 Å². The third-order valence-electron chi connectivity index (χ3n) is 0.411. The smallest absolute Gasteiger partial charge is 0.266 e. The summed E-state index contributed by atoms with van der Waals surface area (Å²) in [6.07, 6.45) is 0. The lowest BCUT2D eigenvalue weighted by atomic mass is 10.8. The van der Waals surface area contributed by atoms with Gasteiger partial charge >= 0.3 is 0 Å². The molecule has 0 fully saturated rings. The summed E-state index contributed by atoms with van der Waals surface area (Å²) in [5.41, 5.74) is 2.72. The Hall–Kier alpha value is -0.263. The average Bonchev–Trinajstić information content (AvgIpc) is 1.61. The highest BCUT2D eigenvalue weighted by Gasteiger charge is 1.87. The second-order valence-corrected chi connectivity index (χ2v) is 4.12. The molecule has 8 heavy (non-hydrogen) atoms. The van der Waals surface area contributed by atoms with E-state index in [4.69, 9.17) is 11.6 Å². The normalized spacial score (nSPS) is 8.00. The Morgan fingerprint density at radius 2 is 2.12 bits per heavy atom. The minimum absolute atomic E-state index is 0.559. The van der Waals surface area contributed by atoms with Crippen molar-refractivity contribution in [1.29, 1.82) is 0 Å². The molecule has 0 saturated heterocycles. The number of carbonyl (C=O) groups is 1. The maximum atomic E-state index is 9.96. The molecule has 1 nitrogen and oxygen atoms in total. The van der Waals surface area contributed by atoms with Crippen LogP contribution in [0.3, 0.4) is 0 Å². The maximum absolute atomic E-state index is 9.96. The van der Waals surface area contributed by atoms with Crippen molar-refractivity contribution < 1.29 is 4.79 Å². The van der Waals surface area contributed by atoms with Crippen LogP contribution in [0.15, 0.2) is 0 Å². The summed E-state index contributed by atoms with van der Waals surface area (Å²) in [5, 5.41) is -0.559. The van der Waals surface area contributed by atoms with Gasteiger partial charge in [-0.3, -0.25) is 4.79 Å². The number of hydrogen-bond acceptors (Lipinski definition) is 1. The Kier molecular flexibility index (Phi) is 3.58. The van der Waals surface area contributed by atoms with Crippen LogP contribution in [-0.2, 0) is 4.79 Å². The first-order valence-corrected chi connectivity index (χ1v) is 5.02. The zero-order valence-electron chi connectivity index (χ0n) is 4.79. The molecule has 0 N–H and O–H groups in total. The molecule has 0 aliphatic heterocycles. The van der Waals surface area contributed by atoms with Crippen molar-refractivity contribution >= 4 is 25.6 Å². The Bertz CT molecular complexity index is 142. The first-order valence-electron chi connectivity index (χ1n) is 2.14. The van der Waals surface area contributed by atoms with Gasteiger partial charge in [0.25, 0.3) is 5.24 Å². The summed E-state index contributed by atoms with van der Waals surface area (Å²) in [7, 11) is -0.596. The van der Waals surface area contributed by atoms with Crippen LogP contribution in [0.4, 0.5) is 0 Å². The zero-order valence-corrected chi connectivity index (χ0v) is 6.54. The number of rotatable bonds is 0. The third-order valence-corrected chi connectivity index (χ3v) is 1.13. The molecule has 0 atom stereocenters. The van der Waals surface area contributed by atoms with Gasteiger partial charge in [-0.2, -0.15) is 0 Å². The summed E-state index contributed by atoms with van der Waals surface area (Å²) >= 11 is 4.93. The molecule has 0 aromatic rings. The van der Waals surface area contributed by atoms with E-state index in [2.05, 4.69) is 11.5 Å². The van der Waals surface area contributed by atoms with E-state index in [1.165, 1.54) is 0 Å². The fraction of sp³-hybridized carbons (Fsp3) is 0.400. The van der Waals surface area contributed by atoms with E-state index in [-0.39, 0.29) is 0 Å². The molecular weight excluding hydrogens is 140 g/mol. The van der Waals surface area contributed by atoms with Crippen LogP contribution in [0.1, 0.15) is 0 Å². The van der Waals surface area contributed by atoms with E-state index >= 15 is 0 Å². The molecule has 43 valence electrons. The van der Waals surface area contributed by atoms with Crippen molar-refractivity contribution in [3.8, 4) is 11.5 Å². The van der Waals surface area contributed by atoms with Crippen molar-refractivity contribution in [2.75, 3.05) is 0 Å². The van der Waals surface area contributed by atoms with E-state index < -0.39 is 14.0 Å². The van der Waals surface area contributed by atoms with Gasteiger partial charge in [0.15, 0.2) is 0 Å². The number of carbonyl (C=O) groups excluding carboxylic acids is 1. The fourth-order valence-corrected chi connectivity index (χ4v) is 0.664. The van der Waals surface area contributed by atoms with E-state index in [9.17, 15) is 4.79 Å². The topological polar surface area (TPSA) is 17.1 Å². The molecule has 0 spiro atoms. The average molecular weight is 146 g/mol. The summed E-state index contributed by atoms with van der Waals surface area (Å²) in [4.78, 5) is 9.96. The number of hydrogen-bond donors (Lipinski definition) is 0. The van der Waals surface area contributed by atoms with Crippen molar-refractivity contribution in [3.05, 3.63) is 0 Å². The van der Waals surface area contributed by atoms with Crippen molar-refractivity contribution in [3.63, 3.8) is 0 Å². The Morgan fingerprint density at radius 3 is 2.25 bits per heavy atom. The van der Waals surface area contributed by atoms with Crippen LogP contribution in [-0.4, -0.2) is 14.0 Å². The van der Waals surface area contributed by atoms with Crippen LogP contribution in [0.5, 0.6) is 0 Å². The summed E-state index contributed by atoms with van der Waals surface area (Å²) in [6, 6.07) is 0. The molecule has 0 saturated carbocycles. The fourth-order valence-electron chi connectivity index (χ4n) is 0.174. The summed E-state index contributed by atoms with van der Waals surface area (Å²) < 4.78 is 0. The van der Waals surface area contributed by atoms with Crippen LogP contribution in [0, 0.1) is 11.5 Å². The standard InChI is InChI=1S/C5H6ClOSi/c1-8(2)4-3-5(6)7/h1-2H3. The second-order valence-electron chi connectivity index (χ2n) is 1.52. The predicted molar refractivity (Wildman–Crippen MR) is 36.1 cm³/mol. The zero-order chi connectivity index (χ0) is 6.57. The van der Waals surface area contributed by atoms with Gasteiger partial charge in [0.2, 0.25) is 0 Å². The van der Waals surface area contributed by atoms with Crippen molar-refractivity contribution in [2.24, 2.45) is 0 Å². The molecule has 0 aromatic carbocycles. The largest absolute Gasteiger partial charge is 0.295 e. The molecule has 0 amide bonds. The molecule has 0 aliphatic rings. The molecule has 0 unspecified atom stereocenters. The summed E-state index contributed by atoms with van der Waals surface area (Å²) in [5.74, 6) is 2.27. The van der Waals surface area contributed by atoms with Gasteiger partial charge in [-0.05, 0) is 17.5 Å². The van der Waals surface area contributed by atoms with E-state index in [0.717, 1.165) is 0 Å². The quantitative estimate of drug-likeness (QED) is 0.283. The third kappa shape index (κ3) is 5.74. The molecule has 0 bridgehead atoms. The Balaban J connectivity index is 3.68. The van der Waals surface area contributed by atoms with Crippen LogP contribution in [0.25, 0.3) is 0 Å². The monoisotopic (exact) mass is 145 g/mol. The van der Waals surface area contributed by atoms with Gasteiger partial charge in [-0.15, -0.1) is 5.54 Å². The van der Waals surface area contributed by atoms with E-state index in [1.54, 1.807) is 0 Å². The molecule has 0 aliphatic carbocycles. The van der Waals surface area contributed by atoms with Crippen molar-refractivity contribution in [1.82, 2.24) is 0 Å². The minimum Gasteiger partial charge on any atom is -0.266 e. The molecular formula is C5H6ClOSi. The van der Waals surface area contributed by atoms with Gasteiger partial charge in [0.1, 0.15) is 8.80 Å². The lowest BCUT2D eigenvalue weighted by Crippen LogP contribution is -1.94. The molecule has 1 radical (unpaired) electrons. The minimum atomic E-state index is -0.596. The van der Waals surface area contributed by atoms with Crippen LogP contribution < -0.4 is 0 Å². The first kappa shape index (κ1) is 7.74. The van der Waals surface area contributed by atoms with Gasteiger partial charge in [0, 0.05) is 0 Å². The molecule has 0 aromatic heterocycles. The highest BCUT2D eigenvalue weighted by Crippen LogP contribution is 1.77. The van der Waals surface area contributed by atoms with Crippen molar-refractivity contribution in [2.45, 2.75) is 13.1 Å². The molecule has 0 rings (SSSR count). The lowest BCUT2D eigenvalue weighted by molar-refractivity contribution is -0.106. The Labute approximate surface area is 55.6 Å². The highest BCUT2D eigenvalue weighted by molar-refractivity contribution is 6.71. The SMILES string of the molecule is C[Si](C)C#CC(=O)Cl. The maximum Gasteiger partial charge on any atom is 0.295 e. The van der Waals surface area contributed by atoms with Crippen LogP contribution in [0.2, 0.25) is 13.1 Å². The van der Waals surface area contributed by atoms with Crippen LogP contribution >= 0.6 is 11.6 Å². The first-order chi connectivity index (χ1) is 3.63. The van der Waals surface area contributed by atoms with Gasteiger partial charge in [-0.1, -0.05) is 13.1 Å². The molecule has 0 heterocycles. The van der Waals surface area contributed by atoms with E-state index in [1.807, 2.05) is 13.1 Å². The summed E-state index contributed by atoms with van der Waals surface area (Å²) in [6.45, 7) is 4.00. The van der Waals surface area contributed by atoms with Gasteiger partial charge in [-0.25, -0.2) is 0 Å². The second kappa shape index (κ2) is 3.70. The Morgan fingerprint density at radius 1 is 1.62 bits per heavy atom. The van der Waals surface area contributed by atoms with Gasteiger partial charge in [0.05, 0.1) is 0 Å². The predicted octanol–water partition coefficient (Wildman–Crippen LogP) is 1.05.